The first-order valence-corrected chi connectivity index (χ1v) is 3.81. The molecule has 0 spiro atoms. The van der Waals surface area contributed by atoms with Crippen molar-refractivity contribution in [3.05, 3.63) is 24.0 Å². The van der Waals surface area contributed by atoms with Gasteiger partial charge in [-0.2, -0.15) is 0 Å². The predicted molar refractivity (Wildman–Crippen MR) is 48.0 cm³/mol. The minimum Gasteiger partial charge on any atom is -0.481 e. The number of rotatable bonds is 2. The summed E-state index contributed by atoms with van der Waals surface area (Å²) in [6, 6.07) is 1.75. The molecule has 4 nitrogen and oxygen atoms in total. The number of hydrogen-bond acceptors (Lipinski definition) is 3. The van der Waals surface area contributed by atoms with Crippen LogP contribution in [0.4, 0.5) is 0 Å². The Labute approximate surface area is 74.5 Å². The monoisotopic (exact) mass is 176 g/mol. The van der Waals surface area contributed by atoms with Crippen molar-refractivity contribution in [2.75, 3.05) is 7.11 Å². The van der Waals surface area contributed by atoms with Crippen LogP contribution >= 0.6 is 0 Å². The number of methoxy groups -OCH3 is 1. The van der Waals surface area contributed by atoms with Crippen molar-refractivity contribution >= 4 is 17.2 Å². The molecular weight excluding hydrogens is 168 g/mol. The summed E-state index contributed by atoms with van der Waals surface area (Å²) in [6.07, 6.45) is 4.07. The van der Waals surface area contributed by atoms with E-state index in [-0.39, 0.29) is 0 Å². The number of fused-ring (bicyclic) bond motifs is 1. The normalized spacial score (nSPS) is 10.2. The van der Waals surface area contributed by atoms with Crippen LogP contribution in [0.2, 0.25) is 0 Å². The van der Waals surface area contributed by atoms with Gasteiger partial charge in [-0.1, -0.05) is 0 Å². The third kappa shape index (κ3) is 1.16. The van der Waals surface area contributed by atoms with Crippen LogP contribution in [0, 0.1) is 0 Å². The maximum atomic E-state index is 10.6. The summed E-state index contributed by atoms with van der Waals surface area (Å²) < 4.78 is 4.95. The Balaban J connectivity index is 2.67. The van der Waals surface area contributed by atoms with Crippen LogP contribution in [0.1, 0.15) is 10.4 Å². The number of carbonyl (C=O) groups excluding carboxylic acids is 1. The minimum absolute atomic E-state index is 0.534. The lowest BCUT2D eigenvalue weighted by Gasteiger charge is -1.96. The molecule has 0 fully saturated rings. The summed E-state index contributed by atoms with van der Waals surface area (Å²) in [7, 11) is 1.55. The molecule has 0 aliphatic heterocycles. The van der Waals surface area contributed by atoms with E-state index in [0.29, 0.717) is 11.4 Å². The van der Waals surface area contributed by atoms with E-state index in [0.717, 1.165) is 17.2 Å². The molecule has 2 heterocycles. The molecule has 2 aromatic heterocycles. The standard InChI is InChI=1S/C9H8N2O2/c1-13-9-2-8-7(4-11-9)6(5-12)3-10-8/h2-5,10H,1H3. The van der Waals surface area contributed by atoms with E-state index in [1.165, 1.54) is 0 Å². The number of ether oxygens (including phenoxy) is 1. The third-order valence-electron chi connectivity index (χ3n) is 1.91. The van der Waals surface area contributed by atoms with Crippen LogP contribution in [0.5, 0.6) is 5.88 Å². The van der Waals surface area contributed by atoms with Crippen LogP contribution in [0.25, 0.3) is 10.9 Å². The molecule has 0 aliphatic rings. The Hall–Kier alpha value is -1.84. The molecule has 0 aliphatic carbocycles. The van der Waals surface area contributed by atoms with E-state index in [1.807, 2.05) is 0 Å². The van der Waals surface area contributed by atoms with Gasteiger partial charge < -0.3 is 9.72 Å². The average Bonchev–Trinajstić information content (AvgIpc) is 2.59. The summed E-state index contributed by atoms with van der Waals surface area (Å²) in [4.78, 5) is 17.5. The average molecular weight is 176 g/mol. The molecule has 2 rings (SSSR count). The van der Waals surface area contributed by atoms with Gasteiger partial charge in [0.15, 0.2) is 6.29 Å². The molecule has 0 unspecified atom stereocenters. The molecule has 2 aromatic rings. The van der Waals surface area contributed by atoms with Gasteiger partial charge in [0, 0.05) is 29.4 Å². The minimum atomic E-state index is 0.534. The molecular formula is C9H8N2O2. The zero-order chi connectivity index (χ0) is 9.26. The van der Waals surface area contributed by atoms with E-state index >= 15 is 0 Å². The number of pyridine rings is 1. The van der Waals surface area contributed by atoms with Crippen molar-refractivity contribution in [3.8, 4) is 5.88 Å². The second kappa shape index (κ2) is 2.90. The Morgan fingerprint density at radius 3 is 3.15 bits per heavy atom. The first-order valence-electron chi connectivity index (χ1n) is 3.81. The van der Waals surface area contributed by atoms with E-state index in [2.05, 4.69) is 9.97 Å². The fraction of sp³-hybridized carbons (Fsp3) is 0.111. The van der Waals surface area contributed by atoms with Gasteiger partial charge >= 0.3 is 0 Å². The Morgan fingerprint density at radius 2 is 2.46 bits per heavy atom. The van der Waals surface area contributed by atoms with Crippen molar-refractivity contribution in [2.45, 2.75) is 0 Å². The summed E-state index contributed by atoms with van der Waals surface area (Å²) in [6.45, 7) is 0. The van der Waals surface area contributed by atoms with E-state index in [9.17, 15) is 4.79 Å². The smallest absolute Gasteiger partial charge is 0.215 e. The summed E-state index contributed by atoms with van der Waals surface area (Å²) in [5, 5.41) is 0.816. The lowest BCUT2D eigenvalue weighted by atomic mass is 10.2. The molecule has 0 aromatic carbocycles. The SMILES string of the molecule is COc1cc2[nH]cc(C=O)c2cn1. The molecule has 4 heteroatoms. The number of nitrogens with zero attached hydrogens (tertiary/aromatic N) is 1. The number of carbonyl (C=O) groups is 1. The number of nitrogens with one attached hydrogen (secondary N) is 1. The molecule has 0 radical (unpaired) electrons. The van der Waals surface area contributed by atoms with Crippen molar-refractivity contribution in [2.24, 2.45) is 0 Å². The van der Waals surface area contributed by atoms with E-state index in [1.54, 1.807) is 25.6 Å². The van der Waals surface area contributed by atoms with Crippen molar-refractivity contribution in [3.63, 3.8) is 0 Å². The molecule has 66 valence electrons. The lowest BCUT2D eigenvalue weighted by molar-refractivity contribution is 0.112. The van der Waals surface area contributed by atoms with Gasteiger partial charge in [-0.3, -0.25) is 4.79 Å². The predicted octanol–water partition coefficient (Wildman–Crippen LogP) is 1.38. The largest absolute Gasteiger partial charge is 0.481 e. The molecule has 0 amide bonds. The second-order valence-electron chi connectivity index (χ2n) is 2.63. The van der Waals surface area contributed by atoms with Crippen LogP contribution in [-0.2, 0) is 0 Å². The molecule has 0 saturated heterocycles. The van der Waals surface area contributed by atoms with Gasteiger partial charge in [0.2, 0.25) is 5.88 Å². The second-order valence-corrected chi connectivity index (χ2v) is 2.63. The number of aromatic nitrogens is 2. The van der Waals surface area contributed by atoms with Crippen molar-refractivity contribution < 1.29 is 9.53 Å². The van der Waals surface area contributed by atoms with E-state index < -0.39 is 0 Å². The zero-order valence-corrected chi connectivity index (χ0v) is 7.07. The zero-order valence-electron chi connectivity index (χ0n) is 7.07. The van der Waals surface area contributed by atoms with Gasteiger partial charge in [0.1, 0.15) is 0 Å². The van der Waals surface area contributed by atoms with E-state index in [4.69, 9.17) is 4.74 Å². The maximum Gasteiger partial charge on any atom is 0.215 e. The Morgan fingerprint density at radius 1 is 1.62 bits per heavy atom. The fourth-order valence-electron chi connectivity index (χ4n) is 1.23. The van der Waals surface area contributed by atoms with Gasteiger partial charge in [-0.05, 0) is 0 Å². The summed E-state index contributed by atoms with van der Waals surface area (Å²) in [5.74, 6) is 0.534. The van der Waals surface area contributed by atoms with Gasteiger partial charge in [-0.15, -0.1) is 0 Å². The number of aromatic amines is 1. The molecule has 13 heavy (non-hydrogen) atoms. The molecule has 1 N–H and O–H groups in total. The fourth-order valence-corrected chi connectivity index (χ4v) is 1.23. The van der Waals surface area contributed by atoms with Crippen LogP contribution in [0.15, 0.2) is 18.5 Å². The topological polar surface area (TPSA) is 55.0 Å². The number of hydrogen-bond donors (Lipinski definition) is 1. The number of aldehydes is 1. The molecule has 0 bridgehead atoms. The highest BCUT2D eigenvalue weighted by atomic mass is 16.5. The lowest BCUT2D eigenvalue weighted by Crippen LogP contribution is -1.86. The summed E-state index contributed by atoms with van der Waals surface area (Å²) >= 11 is 0. The maximum absolute atomic E-state index is 10.6. The summed E-state index contributed by atoms with van der Waals surface area (Å²) in [5.41, 5.74) is 1.47. The van der Waals surface area contributed by atoms with Crippen LogP contribution in [-0.4, -0.2) is 23.4 Å². The number of H-pyrrole nitrogens is 1. The van der Waals surface area contributed by atoms with Crippen LogP contribution in [0.3, 0.4) is 0 Å². The molecule has 0 saturated carbocycles. The van der Waals surface area contributed by atoms with Crippen LogP contribution < -0.4 is 4.74 Å². The van der Waals surface area contributed by atoms with Gasteiger partial charge in [0.25, 0.3) is 0 Å². The highest BCUT2D eigenvalue weighted by Crippen LogP contribution is 2.19. The first-order chi connectivity index (χ1) is 6.35. The van der Waals surface area contributed by atoms with Crippen molar-refractivity contribution in [1.82, 2.24) is 9.97 Å². The third-order valence-corrected chi connectivity index (χ3v) is 1.91. The Bertz CT molecular complexity index is 448. The van der Waals surface area contributed by atoms with Crippen molar-refractivity contribution in [1.29, 1.82) is 0 Å². The van der Waals surface area contributed by atoms with Gasteiger partial charge in [0.05, 0.1) is 12.6 Å². The highest BCUT2D eigenvalue weighted by molar-refractivity contribution is 5.96. The Kier molecular flexibility index (Phi) is 1.73. The highest BCUT2D eigenvalue weighted by Gasteiger charge is 2.03. The first kappa shape index (κ1) is 7.79. The van der Waals surface area contributed by atoms with Gasteiger partial charge in [-0.25, -0.2) is 4.98 Å². The quantitative estimate of drug-likeness (QED) is 0.703. The molecule has 0 atom stereocenters.